The summed E-state index contributed by atoms with van der Waals surface area (Å²) >= 11 is 1.70. The van der Waals surface area contributed by atoms with Crippen molar-refractivity contribution in [3.8, 4) is 23.0 Å². The fourth-order valence-corrected chi connectivity index (χ4v) is 2.58. The van der Waals surface area contributed by atoms with Gasteiger partial charge >= 0.3 is 0 Å². The molecule has 3 heterocycles. The molecular formula is C16H10FN3S2. The third-order valence-corrected chi connectivity index (χ3v) is 4.01. The lowest BCUT2D eigenvalue weighted by Gasteiger charge is -2.01. The van der Waals surface area contributed by atoms with E-state index in [0.717, 1.165) is 27.4 Å². The summed E-state index contributed by atoms with van der Waals surface area (Å²) in [5.41, 5.74) is 3.33. The minimum Gasteiger partial charge on any atom is -0.263 e. The van der Waals surface area contributed by atoms with Gasteiger partial charge in [0.2, 0.25) is 0 Å². The van der Waals surface area contributed by atoms with Crippen LogP contribution in [0.25, 0.3) is 11.1 Å². The van der Waals surface area contributed by atoms with Gasteiger partial charge in [0.25, 0.3) is 0 Å². The van der Waals surface area contributed by atoms with E-state index in [4.69, 9.17) is 0 Å². The number of pyridine rings is 2. The van der Waals surface area contributed by atoms with Gasteiger partial charge in [0.15, 0.2) is 0 Å². The monoisotopic (exact) mass is 327 g/mol. The number of aromatic nitrogens is 3. The minimum atomic E-state index is 0.129. The molecule has 0 aliphatic heterocycles. The van der Waals surface area contributed by atoms with Gasteiger partial charge in [0, 0.05) is 40.7 Å². The number of hydrogen-bond donors (Lipinski definition) is 0. The van der Waals surface area contributed by atoms with Crippen molar-refractivity contribution in [3.63, 3.8) is 0 Å². The second kappa shape index (κ2) is 6.69. The average molecular weight is 327 g/mol. The second-order valence-corrected chi connectivity index (χ2v) is 6.06. The van der Waals surface area contributed by atoms with Gasteiger partial charge < -0.3 is 0 Å². The number of rotatable bonds is 2. The largest absolute Gasteiger partial charge is 0.263 e. The van der Waals surface area contributed by atoms with Crippen LogP contribution in [-0.2, 0) is 0 Å². The molecule has 3 rings (SSSR count). The Labute approximate surface area is 136 Å². The zero-order valence-electron chi connectivity index (χ0n) is 11.6. The first kappa shape index (κ1) is 14.7. The van der Waals surface area contributed by atoms with E-state index in [1.165, 1.54) is 0 Å². The topological polar surface area (TPSA) is 38.7 Å². The van der Waals surface area contributed by atoms with Gasteiger partial charge in [0.05, 0.1) is 5.01 Å². The third-order valence-electron chi connectivity index (χ3n) is 2.84. The number of halogens is 1. The van der Waals surface area contributed by atoms with Gasteiger partial charge in [-0.1, -0.05) is 12.0 Å². The Morgan fingerprint density at radius 3 is 2.73 bits per heavy atom. The summed E-state index contributed by atoms with van der Waals surface area (Å²) in [5.74, 6) is 6.07. The average Bonchev–Trinajstić information content (AvgIpc) is 2.99. The SMILES string of the molecule is Cc1nc(C#Cc2cncc(-c3ccc(SF)nc3)c2)cs1. The molecule has 0 N–H and O–H groups in total. The van der Waals surface area contributed by atoms with E-state index in [9.17, 15) is 3.89 Å². The third kappa shape index (κ3) is 3.50. The quantitative estimate of drug-likeness (QED) is 0.658. The number of hydrogen-bond acceptors (Lipinski definition) is 5. The lowest BCUT2D eigenvalue weighted by Crippen LogP contribution is -1.85. The molecule has 6 heteroatoms. The van der Waals surface area contributed by atoms with Crippen LogP contribution in [0.1, 0.15) is 16.3 Å². The molecule has 0 aliphatic carbocycles. The fraction of sp³-hybridized carbons (Fsp3) is 0.0625. The van der Waals surface area contributed by atoms with Crippen molar-refractivity contribution in [1.29, 1.82) is 0 Å². The number of aryl methyl sites for hydroxylation is 1. The highest BCUT2D eigenvalue weighted by Gasteiger charge is 2.01. The molecule has 108 valence electrons. The molecule has 0 saturated carbocycles. The Morgan fingerprint density at radius 2 is 2.05 bits per heavy atom. The summed E-state index contributed by atoms with van der Waals surface area (Å²) in [5, 5.41) is 3.26. The summed E-state index contributed by atoms with van der Waals surface area (Å²) in [7, 11) is 0. The van der Waals surface area contributed by atoms with Gasteiger partial charge in [-0.2, -0.15) is 3.89 Å². The lowest BCUT2D eigenvalue weighted by atomic mass is 10.1. The maximum atomic E-state index is 12.4. The van der Waals surface area contributed by atoms with E-state index in [1.807, 2.05) is 24.4 Å². The van der Waals surface area contributed by atoms with E-state index >= 15 is 0 Å². The zero-order chi connectivity index (χ0) is 15.4. The Hall–Kier alpha value is -2.23. The number of thiazole rings is 1. The van der Waals surface area contributed by atoms with Crippen LogP contribution in [-0.4, -0.2) is 15.0 Å². The van der Waals surface area contributed by atoms with Gasteiger partial charge in [-0.15, -0.1) is 11.3 Å². The molecule has 0 saturated heterocycles. The van der Waals surface area contributed by atoms with E-state index in [1.54, 1.807) is 36.0 Å². The Balaban J connectivity index is 1.87. The van der Waals surface area contributed by atoms with Crippen LogP contribution in [0.4, 0.5) is 3.89 Å². The summed E-state index contributed by atoms with van der Waals surface area (Å²) in [6.45, 7) is 1.95. The summed E-state index contributed by atoms with van der Waals surface area (Å²) in [6.07, 6.45) is 5.06. The van der Waals surface area contributed by atoms with Gasteiger partial charge in [-0.05, 0) is 25.0 Å². The highest BCUT2D eigenvalue weighted by molar-refractivity contribution is 7.94. The van der Waals surface area contributed by atoms with Crippen LogP contribution in [0, 0.1) is 18.8 Å². The smallest absolute Gasteiger partial charge is 0.129 e. The Bertz CT molecular complexity index is 848. The van der Waals surface area contributed by atoms with Gasteiger partial charge in [-0.25, -0.2) is 9.97 Å². The van der Waals surface area contributed by atoms with E-state index in [2.05, 4.69) is 26.8 Å². The van der Waals surface area contributed by atoms with E-state index in [-0.39, 0.29) is 12.1 Å². The Morgan fingerprint density at radius 1 is 1.14 bits per heavy atom. The first-order chi connectivity index (χ1) is 10.7. The lowest BCUT2D eigenvalue weighted by molar-refractivity contribution is 0.919. The summed E-state index contributed by atoms with van der Waals surface area (Å²) in [4.78, 5) is 12.5. The highest BCUT2D eigenvalue weighted by Crippen LogP contribution is 2.22. The van der Waals surface area contributed by atoms with Crippen molar-refractivity contribution >= 4 is 23.5 Å². The molecule has 3 aromatic rings. The van der Waals surface area contributed by atoms with Crippen LogP contribution < -0.4 is 0 Å². The first-order valence-electron chi connectivity index (χ1n) is 6.39. The standard InChI is InChI=1S/C16H10FN3S2/c1-11-20-15(10-21-11)4-2-12-6-14(8-18-7-12)13-3-5-16(22-17)19-9-13/h3,5-10H,1H3. The maximum Gasteiger partial charge on any atom is 0.129 e. The molecule has 0 fully saturated rings. The molecule has 0 atom stereocenters. The van der Waals surface area contributed by atoms with Crippen molar-refractivity contribution in [3.05, 3.63) is 58.4 Å². The molecule has 0 aliphatic rings. The maximum absolute atomic E-state index is 12.4. The molecule has 0 unspecified atom stereocenters. The van der Waals surface area contributed by atoms with Crippen LogP contribution in [0.5, 0.6) is 0 Å². The van der Waals surface area contributed by atoms with Gasteiger partial charge in [-0.3, -0.25) is 4.98 Å². The first-order valence-corrected chi connectivity index (χ1v) is 7.98. The number of nitrogens with zero attached hydrogens (tertiary/aromatic N) is 3. The second-order valence-electron chi connectivity index (χ2n) is 4.43. The molecule has 0 aromatic carbocycles. The molecule has 22 heavy (non-hydrogen) atoms. The van der Waals surface area contributed by atoms with E-state index < -0.39 is 0 Å². The molecule has 3 aromatic heterocycles. The Kier molecular flexibility index (Phi) is 4.47. The van der Waals surface area contributed by atoms with Crippen LogP contribution in [0.2, 0.25) is 0 Å². The van der Waals surface area contributed by atoms with Gasteiger partial charge in [0.1, 0.15) is 22.9 Å². The molecular weight excluding hydrogens is 317 g/mol. The zero-order valence-corrected chi connectivity index (χ0v) is 13.2. The van der Waals surface area contributed by atoms with Crippen molar-refractivity contribution < 1.29 is 3.89 Å². The predicted molar refractivity (Wildman–Crippen MR) is 87.3 cm³/mol. The van der Waals surface area contributed by atoms with Crippen LogP contribution in [0.3, 0.4) is 0 Å². The fourth-order valence-electron chi connectivity index (χ4n) is 1.82. The predicted octanol–water partition coefficient (Wildman–Crippen LogP) is 4.28. The van der Waals surface area contributed by atoms with Crippen molar-refractivity contribution in [2.45, 2.75) is 11.9 Å². The molecule has 0 radical (unpaired) electrons. The van der Waals surface area contributed by atoms with Crippen LogP contribution >= 0.6 is 23.5 Å². The van der Waals surface area contributed by atoms with Crippen LogP contribution in [0.15, 0.2) is 47.2 Å². The molecule has 0 bridgehead atoms. The van der Waals surface area contributed by atoms with Crippen molar-refractivity contribution in [2.24, 2.45) is 0 Å². The van der Waals surface area contributed by atoms with Crippen molar-refractivity contribution in [1.82, 2.24) is 15.0 Å². The highest BCUT2D eigenvalue weighted by atomic mass is 32.2. The summed E-state index contributed by atoms with van der Waals surface area (Å²) < 4.78 is 12.4. The molecule has 3 nitrogen and oxygen atoms in total. The minimum absolute atomic E-state index is 0.129. The molecule has 0 spiro atoms. The molecule has 0 amide bonds. The van der Waals surface area contributed by atoms with Crippen molar-refractivity contribution in [2.75, 3.05) is 0 Å². The van der Waals surface area contributed by atoms with E-state index in [0.29, 0.717) is 5.03 Å². The normalized spacial score (nSPS) is 10.1. The summed E-state index contributed by atoms with van der Waals surface area (Å²) in [6, 6.07) is 5.38.